The van der Waals surface area contributed by atoms with E-state index in [1.54, 1.807) is 20.8 Å². The first-order valence-electron chi connectivity index (χ1n) is 8.44. The number of aryl methyl sites for hydroxylation is 1. The van der Waals surface area contributed by atoms with Gasteiger partial charge in [-0.15, -0.1) is 0 Å². The van der Waals surface area contributed by atoms with Crippen LogP contribution in [-0.4, -0.2) is 17.4 Å². The molecule has 138 valence electrons. The highest BCUT2D eigenvalue weighted by atomic mass is 19.4. The molecular weight excluding hydrogens is 333 g/mol. The molecule has 2 aliphatic rings. The SMILES string of the molecule is CC(C)(C)OC(=O)N1c2ccc(C(F)(F)F)cc2CCC1(N)C1CC1. The Bertz CT molecular complexity index is 693. The van der Waals surface area contributed by atoms with Gasteiger partial charge in [-0.2, -0.15) is 13.2 Å². The number of halogens is 3. The lowest BCUT2D eigenvalue weighted by Crippen LogP contribution is -2.63. The smallest absolute Gasteiger partial charge is 0.416 e. The minimum Gasteiger partial charge on any atom is -0.443 e. The van der Waals surface area contributed by atoms with Crippen molar-refractivity contribution in [2.75, 3.05) is 4.90 Å². The number of nitrogens with zero attached hydrogens (tertiary/aromatic N) is 1. The molecule has 1 aromatic rings. The quantitative estimate of drug-likeness (QED) is 0.808. The molecule has 0 saturated heterocycles. The maximum absolute atomic E-state index is 13.0. The average Bonchev–Trinajstić information content (AvgIpc) is 3.28. The van der Waals surface area contributed by atoms with E-state index >= 15 is 0 Å². The molecule has 1 fully saturated rings. The zero-order chi connectivity index (χ0) is 18.6. The fraction of sp³-hybridized carbons (Fsp3) is 0.611. The number of nitrogens with two attached hydrogens (primary N) is 1. The molecule has 1 saturated carbocycles. The molecule has 3 rings (SSSR count). The molecule has 1 atom stereocenters. The fourth-order valence-electron chi connectivity index (χ4n) is 3.40. The normalized spacial score (nSPS) is 24.0. The Morgan fingerprint density at radius 3 is 2.44 bits per heavy atom. The van der Waals surface area contributed by atoms with Gasteiger partial charge in [0.05, 0.1) is 11.3 Å². The van der Waals surface area contributed by atoms with Crippen LogP contribution in [0.2, 0.25) is 0 Å². The van der Waals surface area contributed by atoms with Crippen LogP contribution in [0.25, 0.3) is 0 Å². The summed E-state index contributed by atoms with van der Waals surface area (Å²) in [7, 11) is 0. The highest BCUT2D eigenvalue weighted by molar-refractivity contribution is 5.91. The maximum Gasteiger partial charge on any atom is 0.416 e. The van der Waals surface area contributed by atoms with Crippen LogP contribution in [0.4, 0.5) is 23.7 Å². The summed E-state index contributed by atoms with van der Waals surface area (Å²) in [5, 5.41) is 0. The lowest BCUT2D eigenvalue weighted by molar-refractivity contribution is -0.137. The molecular formula is C18H23F3N2O2. The molecule has 1 aliphatic carbocycles. The second-order valence-corrected chi connectivity index (χ2v) is 7.92. The molecule has 0 spiro atoms. The zero-order valence-corrected chi connectivity index (χ0v) is 14.6. The molecule has 1 aromatic carbocycles. The van der Waals surface area contributed by atoms with Crippen LogP contribution in [0.1, 0.15) is 51.2 Å². The summed E-state index contributed by atoms with van der Waals surface area (Å²) in [6.07, 6.45) is -2.38. The largest absolute Gasteiger partial charge is 0.443 e. The molecule has 0 radical (unpaired) electrons. The summed E-state index contributed by atoms with van der Waals surface area (Å²) in [6.45, 7) is 5.24. The van der Waals surface area contributed by atoms with E-state index in [1.165, 1.54) is 11.0 Å². The average molecular weight is 356 g/mol. The minimum atomic E-state index is -4.42. The van der Waals surface area contributed by atoms with Crippen molar-refractivity contribution in [3.8, 4) is 0 Å². The maximum atomic E-state index is 13.0. The van der Waals surface area contributed by atoms with Gasteiger partial charge in [-0.3, -0.25) is 4.90 Å². The number of benzene rings is 1. The van der Waals surface area contributed by atoms with Gasteiger partial charge in [-0.25, -0.2) is 4.79 Å². The van der Waals surface area contributed by atoms with Gasteiger partial charge in [0.2, 0.25) is 0 Å². The summed E-state index contributed by atoms with van der Waals surface area (Å²) < 4.78 is 44.5. The Balaban J connectivity index is 2.03. The number of amides is 1. The molecule has 1 aliphatic heterocycles. The Hall–Kier alpha value is -1.76. The molecule has 1 unspecified atom stereocenters. The highest BCUT2D eigenvalue weighted by Gasteiger charge is 2.52. The lowest BCUT2D eigenvalue weighted by Gasteiger charge is -2.45. The third-order valence-corrected chi connectivity index (χ3v) is 4.72. The van der Waals surface area contributed by atoms with E-state index in [9.17, 15) is 18.0 Å². The van der Waals surface area contributed by atoms with Crippen molar-refractivity contribution >= 4 is 11.8 Å². The van der Waals surface area contributed by atoms with Gasteiger partial charge in [0.25, 0.3) is 0 Å². The Labute approximate surface area is 145 Å². The van der Waals surface area contributed by atoms with E-state index in [4.69, 9.17) is 10.5 Å². The van der Waals surface area contributed by atoms with Crippen molar-refractivity contribution in [2.24, 2.45) is 11.7 Å². The number of anilines is 1. The van der Waals surface area contributed by atoms with Crippen molar-refractivity contribution in [1.82, 2.24) is 0 Å². The molecule has 7 heteroatoms. The first kappa shape index (κ1) is 18.0. The van der Waals surface area contributed by atoms with E-state index in [-0.39, 0.29) is 5.92 Å². The van der Waals surface area contributed by atoms with Crippen LogP contribution in [0.5, 0.6) is 0 Å². The number of hydrogen-bond acceptors (Lipinski definition) is 3. The second kappa shape index (κ2) is 5.62. The number of carbonyl (C=O) groups is 1. The van der Waals surface area contributed by atoms with Gasteiger partial charge in [0.1, 0.15) is 11.3 Å². The van der Waals surface area contributed by atoms with Crippen LogP contribution < -0.4 is 10.6 Å². The number of hydrogen-bond donors (Lipinski definition) is 1. The minimum absolute atomic E-state index is 0.149. The van der Waals surface area contributed by atoms with Gasteiger partial charge in [0, 0.05) is 0 Å². The third kappa shape index (κ3) is 3.47. The summed E-state index contributed by atoms with van der Waals surface area (Å²) >= 11 is 0. The first-order valence-corrected chi connectivity index (χ1v) is 8.44. The van der Waals surface area contributed by atoms with Crippen LogP contribution in [0.3, 0.4) is 0 Å². The van der Waals surface area contributed by atoms with E-state index in [1.807, 2.05) is 0 Å². The summed E-state index contributed by atoms with van der Waals surface area (Å²) in [6, 6.07) is 3.44. The van der Waals surface area contributed by atoms with Gasteiger partial charge in [-0.05, 0) is 76.1 Å². The first-order chi connectivity index (χ1) is 11.4. The van der Waals surface area contributed by atoms with Crippen molar-refractivity contribution in [3.63, 3.8) is 0 Å². The monoisotopic (exact) mass is 356 g/mol. The highest BCUT2D eigenvalue weighted by Crippen LogP contribution is 2.48. The zero-order valence-electron chi connectivity index (χ0n) is 14.6. The van der Waals surface area contributed by atoms with Crippen molar-refractivity contribution < 1.29 is 22.7 Å². The van der Waals surface area contributed by atoms with E-state index in [2.05, 4.69) is 0 Å². The van der Waals surface area contributed by atoms with Crippen LogP contribution >= 0.6 is 0 Å². The molecule has 1 heterocycles. The fourth-order valence-corrected chi connectivity index (χ4v) is 3.40. The second-order valence-electron chi connectivity index (χ2n) is 7.92. The predicted octanol–water partition coefficient (Wildman–Crippen LogP) is 4.46. The standard InChI is InChI=1S/C18H23F3N2O2/c1-16(2,3)25-15(24)23-14-7-6-13(18(19,20)21)10-11(14)8-9-17(23,22)12-4-5-12/h6-7,10,12H,4-5,8-9,22H2,1-3H3. The molecule has 1 amide bonds. The Kier molecular flexibility index (Phi) is 4.06. The topological polar surface area (TPSA) is 55.6 Å². The number of rotatable bonds is 1. The van der Waals surface area contributed by atoms with Crippen molar-refractivity contribution in [1.29, 1.82) is 0 Å². The molecule has 2 N–H and O–H groups in total. The van der Waals surface area contributed by atoms with E-state index in [0.717, 1.165) is 25.0 Å². The summed E-state index contributed by atoms with van der Waals surface area (Å²) in [5.74, 6) is 0.149. The van der Waals surface area contributed by atoms with Crippen LogP contribution in [0, 0.1) is 5.92 Å². The molecule has 0 bridgehead atoms. The van der Waals surface area contributed by atoms with E-state index < -0.39 is 29.1 Å². The Morgan fingerprint density at radius 1 is 1.28 bits per heavy atom. The van der Waals surface area contributed by atoms with Crippen LogP contribution in [0.15, 0.2) is 18.2 Å². The molecule has 4 nitrogen and oxygen atoms in total. The van der Waals surface area contributed by atoms with Crippen LogP contribution in [-0.2, 0) is 17.3 Å². The number of carbonyl (C=O) groups excluding carboxylic acids is 1. The molecule has 25 heavy (non-hydrogen) atoms. The number of fused-ring (bicyclic) bond motifs is 1. The van der Waals surface area contributed by atoms with Crippen molar-refractivity contribution in [3.05, 3.63) is 29.3 Å². The predicted molar refractivity (Wildman–Crippen MR) is 88.1 cm³/mol. The number of alkyl halides is 3. The summed E-state index contributed by atoms with van der Waals surface area (Å²) in [4.78, 5) is 14.2. The molecule has 0 aromatic heterocycles. The van der Waals surface area contributed by atoms with Gasteiger partial charge < -0.3 is 10.5 Å². The van der Waals surface area contributed by atoms with Crippen molar-refractivity contribution in [2.45, 2.75) is 63.9 Å². The van der Waals surface area contributed by atoms with E-state index in [0.29, 0.717) is 24.1 Å². The van der Waals surface area contributed by atoms with Gasteiger partial charge in [0.15, 0.2) is 0 Å². The number of ether oxygens (including phenoxy) is 1. The van der Waals surface area contributed by atoms with Gasteiger partial charge >= 0.3 is 12.3 Å². The lowest BCUT2D eigenvalue weighted by atomic mass is 9.87. The third-order valence-electron chi connectivity index (χ3n) is 4.72. The van der Waals surface area contributed by atoms with Gasteiger partial charge in [-0.1, -0.05) is 0 Å². The Morgan fingerprint density at radius 2 is 1.92 bits per heavy atom. The summed E-state index contributed by atoms with van der Waals surface area (Å²) in [5.41, 5.74) is 5.12.